The number of furan rings is 2. The molecule has 0 aliphatic carbocycles. The number of nitrogens with zero attached hydrogens (tertiary/aromatic N) is 3. The minimum Gasteiger partial charge on any atom is -0.456 e. The van der Waals surface area contributed by atoms with E-state index in [4.69, 9.17) is 23.8 Å². The van der Waals surface area contributed by atoms with Crippen LogP contribution in [-0.4, -0.2) is 15.0 Å². The highest BCUT2D eigenvalue weighted by Gasteiger charge is 2.22. The van der Waals surface area contributed by atoms with Gasteiger partial charge in [0.25, 0.3) is 0 Å². The van der Waals surface area contributed by atoms with Crippen LogP contribution in [0.1, 0.15) is 0 Å². The van der Waals surface area contributed by atoms with Crippen molar-refractivity contribution in [3.05, 3.63) is 212 Å². The Balaban J connectivity index is 0.993. The van der Waals surface area contributed by atoms with Gasteiger partial charge in [0.15, 0.2) is 5.82 Å². The van der Waals surface area contributed by atoms with Crippen molar-refractivity contribution in [1.82, 2.24) is 15.0 Å². The molecule has 0 aliphatic heterocycles. The zero-order valence-corrected chi connectivity index (χ0v) is 34.4. The zero-order chi connectivity index (χ0) is 42.1. The Kier molecular flexibility index (Phi) is 8.15. The third kappa shape index (κ3) is 5.83. The number of fused-ring (bicyclic) bond motifs is 9. The van der Waals surface area contributed by atoms with E-state index in [2.05, 4.69) is 164 Å². The molecule has 0 atom stereocenters. The first kappa shape index (κ1) is 36.0. The number of aromatic nitrogens is 3. The fourth-order valence-corrected chi connectivity index (χ4v) is 9.51. The summed E-state index contributed by atoms with van der Waals surface area (Å²) in [7, 11) is 0. The molecule has 0 aliphatic rings. The molecule has 0 amide bonds. The van der Waals surface area contributed by atoms with E-state index in [1.54, 1.807) is 0 Å². The van der Waals surface area contributed by atoms with Gasteiger partial charge in [-0.25, -0.2) is 15.0 Å². The number of rotatable bonds is 6. The van der Waals surface area contributed by atoms with E-state index < -0.39 is 0 Å². The lowest BCUT2D eigenvalue weighted by atomic mass is 9.89. The second-order valence-corrected chi connectivity index (χ2v) is 16.3. The number of para-hydroxylation sites is 4. The molecule has 5 nitrogen and oxygen atoms in total. The summed E-state index contributed by atoms with van der Waals surface area (Å²) in [5.41, 5.74) is 15.2. The number of hydrogen-bond acceptors (Lipinski definition) is 5. The monoisotopic (exact) mass is 817 g/mol. The maximum Gasteiger partial charge on any atom is 0.160 e. The van der Waals surface area contributed by atoms with Crippen molar-refractivity contribution in [2.75, 3.05) is 0 Å². The minimum absolute atomic E-state index is 0.645. The highest BCUT2D eigenvalue weighted by atomic mass is 16.3. The summed E-state index contributed by atoms with van der Waals surface area (Å²) in [5, 5.41) is 7.64. The molecule has 13 aromatic rings. The number of benzene rings is 9. The second kappa shape index (κ2) is 14.5. The molecule has 9 aromatic carbocycles. The largest absolute Gasteiger partial charge is 0.456 e. The molecule has 0 spiro atoms. The summed E-state index contributed by atoms with van der Waals surface area (Å²) in [6, 6.07) is 73.6. The Hall–Kier alpha value is -8.67. The number of pyridine rings is 1. The van der Waals surface area contributed by atoms with E-state index >= 15 is 0 Å². The van der Waals surface area contributed by atoms with E-state index in [0.717, 1.165) is 127 Å². The lowest BCUT2D eigenvalue weighted by Gasteiger charge is -2.16. The van der Waals surface area contributed by atoms with Gasteiger partial charge in [0, 0.05) is 71.1 Å². The summed E-state index contributed by atoms with van der Waals surface area (Å²) in [6.45, 7) is 0. The normalized spacial score (nSPS) is 11.8. The Morgan fingerprint density at radius 3 is 1.67 bits per heavy atom. The summed E-state index contributed by atoms with van der Waals surface area (Å²) >= 11 is 0. The van der Waals surface area contributed by atoms with Gasteiger partial charge >= 0.3 is 0 Å². The lowest BCUT2D eigenvalue weighted by molar-refractivity contribution is 0.669. The molecule has 4 heterocycles. The molecular formula is C59H35N3O2. The molecule has 298 valence electrons. The fraction of sp³-hybridized carbons (Fsp3) is 0. The van der Waals surface area contributed by atoms with Crippen LogP contribution in [0.15, 0.2) is 221 Å². The average molecular weight is 818 g/mol. The fourth-order valence-electron chi connectivity index (χ4n) is 9.51. The Bertz CT molecular complexity index is 3950. The van der Waals surface area contributed by atoms with Gasteiger partial charge in [-0.2, -0.15) is 0 Å². The first-order chi connectivity index (χ1) is 31.7. The van der Waals surface area contributed by atoms with Gasteiger partial charge in [0.1, 0.15) is 22.3 Å². The molecule has 0 fully saturated rings. The van der Waals surface area contributed by atoms with Crippen molar-refractivity contribution in [1.29, 1.82) is 0 Å². The maximum atomic E-state index is 6.65. The van der Waals surface area contributed by atoms with E-state index in [0.29, 0.717) is 5.82 Å². The molecule has 5 heteroatoms. The van der Waals surface area contributed by atoms with Crippen LogP contribution in [0.3, 0.4) is 0 Å². The second-order valence-electron chi connectivity index (χ2n) is 16.3. The van der Waals surface area contributed by atoms with Gasteiger partial charge in [0.05, 0.1) is 22.6 Å². The predicted molar refractivity (Wildman–Crippen MR) is 262 cm³/mol. The topological polar surface area (TPSA) is 65.0 Å². The van der Waals surface area contributed by atoms with Crippen LogP contribution in [0, 0.1) is 0 Å². The molecule has 4 aromatic heterocycles. The zero-order valence-electron chi connectivity index (χ0n) is 34.4. The summed E-state index contributed by atoms with van der Waals surface area (Å²) in [5.74, 6) is 0.645. The highest BCUT2D eigenvalue weighted by molar-refractivity contribution is 6.27. The molecule has 0 saturated heterocycles. The minimum atomic E-state index is 0.645. The van der Waals surface area contributed by atoms with E-state index in [1.165, 1.54) is 0 Å². The molecule has 0 radical (unpaired) electrons. The summed E-state index contributed by atoms with van der Waals surface area (Å²) < 4.78 is 13.1. The molecular weight excluding hydrogens is 783 g/mol. The Morgan fingerprint density at radius 1 is 0.312 bits per heavy atom. The molecule has 0 bridgehead atoms. The summed E-state index contributed by atoms with van der Waals surface area (Å²) in [6.07, 6.45) is 0. The van der Waals surface area contributed by atoms with Crippen molar-refractivity contribution in [2.45, 2.75) is 0 Å². The first-order valence-corrected chi connectivity index (χ1v) is 21.5. The molecule has 0 saturated carbocycles. The van der Waals surface area contributed by atoms with Crippen LogP contribution >= 0.6 is 0 Å². The molecule has 0 unspecified atom stereocenters. The van der Waals surface area contributed by atoms with Crippen LogP contribution in [0.2, 0.25) is 0 Å². The van der Waals surface area contributed by atoms with Crippen molar-refractivity contribution in [3.8, 4) is 67.4 Å². The standard InChI is InChI=1S/C59H35N3O2/c1-3-15-36(16-4-1)49-35-50(62-59(61-49)41-20-13-19-40(33-41)42-24-14-25-44-43-21-8-11-27-51(43)64-58(42)44)37-29-31-38(32-30-37)54-55-45-22-7-10-26-48(45)60-57(39-17-5-2-6-18-39)47(55)34-53-56(54)46-23-9-12-28-52(46)63-53/h1-35H. The van der Waals surface area contributed by atoms with Crippen molar-refractivity contribution in [3.63, 3.8) is 0 Å². The van der Waals surface area contributed by atoms with Crippen molar-refractivity contribution >= 4 is 65.6 Å². The predicted octanol–water partition coefficient (Wildman–Crippen LogP) is 16.0. The Morgan fingerprint density at radius 2 is 0.891 bits per heavy atom. The van der Waals surface area contributed by atoms with Gasteiger partial charge in [-0.05, 0) is 47.5 Å². The third-order valence-electron chi connectivity index (χ3n) is 12.5. The van der Waals surface area contributed by atoms with Gasteiger partial charge < -0.3 is 8.83 Å². The van der Waals surface area contributed by atoms with E-state index in [1.807, 2.05) is 48.5 Å². The molecule has 0 N–H and O–H groups in total. The van der Waals surface area contributed by atoms with Gasteiger partial charge in [0.2, 0.25) is 0 Å². The van der Waals surface area contributed by atoms with Crippen LogP contribution < -0.4 is 0 Å². The lowest BCUT2D eigenvalue weighted by Crippen LogP contribution is -1.96. The smallest absolute Gasteiger partial charge is 0.160 e. The van der Waals surface area contributed by atoms with E-state index in [9.17, 15) is 0 Å². The highest BCUT2D eigenvalue weighted by Crippen LogP contribution is 2.47. The van der Waals surface area contributed by atoms with Crippen LogP contribution in [0.4, 0.5) is 0 Å². The molecule has 13 rings (SSSR count). The van der Waals surface area contributed by atoms with Gasteiger partial charge in [-0.1, -0.05) is 176 Å². The average Bonchev–Trinajstić information content (AvgIpc) is 3.94. The number of hydrogen-bond donors (Lipinski definition) is 0. The van der Waals surface area contributed by atoms with Gasteiger partial charge in [-0.15, -0.1) is 0 Å². The van der Waals surface area contributed by atoms with Gasteiger partial charge in [-0.3, -0.25) is 0 Å². The van der Waals surface area contributed by atoms with Crippen LogP contribution in [-0.2, 0) is 0 Å². The van der Waals surface area contributed by atoms with Crippen molar-refractivity contribution < 1.29 is 8.83 Å². The SMILES string of the molecule is c1ccc(-c2cc(-c3ccc(-c4c5c(cc6c(-c7ccccc7)nc7ccccc7c46)oc4ccccc45)cc3)nc(-c3cccc(-c4cccc5c4oc4ccccc45)c3)n2)cc1. The molecule has 64 heavy (non-hydrogen) atoms. The Labute approximate surface area is 367 Å². The van der Waals surface area contributed by atoms with Crippen molar-refractivity contribution in [2.24, 2.45) is 0 Å². The van der Waals surface area contributed by atoms with E-state index in [-0.39, 0.29) is 0 Å². The first-order valence-electron chi connectivity index (χ1n) is 21.5. The van der Waals surface area contributed by atoms with Crippen LogP contribution in [0.5, 0.6) is 0 Å². The summed E-state index contributed by atoms with van der Waals surface area (Å²) in [4.78, 5) is 15.8. The quantitative estimate of drug-likeness (QED) is 0.156. The third-order valence-corrected chi connectivity index (χ3v) is 12.5. The van der Waals surface area contributed by atoms with Crippen LogP contribution in [0.25, 0.3) is 133 Å². The maximum absolute atomic E-state index is 6.65.